The number of rotatable bonds is 7. The second-order valence-electron chi connectivity index (χ2n) is 7.81. The predicted molar refractivity (Wildman–Crippen MR) is 99.0 cm³/mol. The van der Waals surface area contributed by atoms with E-state index in [4.69, 9.17) is 0 Å². The second kappa shape index (κ2) is 10.3. The van der Waals surface area contributed by atoms with Crippen LogP contribution in [0.15, 0.2) is 24.3 Å². The Morgan fingerprint density at radius 2 is 1.23 bits per heavy atom. The van der Waals surface area contributed by atoms with Crippen molar-refractivity contribution in [3.05, 3.63) is 24.3 Å². The predicted octanol–water partition coefficient (Wildman–Crippen LogP) is 7.31. The van der Waals surface area contributed by atoms with E-state index < -0.39 is 0 Å². The van der Waals surface area contributed by atoms with Crippen LogP contribution in [-0.4, -0.2) is 0 Å². The van der Waals surface area contributed by atoms with E-state index in [-0.39, 0.29) is 0 Å². The van der Waals surface area contributed by atoms with Gasteiger partial charge in [-0.2, -0.15) is 0 Å². The van der Waals surface area contributed by atoms with Gasteiger partial charge in [0.15, 0.2) is 0 Å². The van der Waals surface area contributed by atoms with E-state index in [1.54, 1.807) is 0 Å². The zero-order valence-corrected chi connectivity index (χ0v) is 15.1. The molecule has 2 aliphatic carbocycles. The van der Waals surface area contributed by atoms with Gasteiger partial charge in [0.1, 0.15) is 0 Å². The quantitative estimate of drug-likeness (QED) is 0.432. The van der Waals surface area contributed by atoms with Crippen LogP contribution < -0.4 is 0 Å². The largest absolute Gasteiger partial charge is 0.0885 e. The highest BCUT2D eigenvalue weighted by atomic mass is 14.2. The van der Waals surface area contributed by atoms with Gasteiger partial charge in [-0.1, -0.05) is 44.6 Å². The van der Waals surface area contributed by atoms with Gasteiger partial charge in [-0.15, -0.1) is 0 Å². The van der Waals surface area contributed by atoms with Crippen molar-refractivity contribution in [2.75, 3.05) is 0 Å². The van der Waals surface area contributed by atoms with Crippen molar-refractivity contribution in [1.82, 2.24) is 0 Å². The van der Waals surface area contributed by atoms with Crippen molar-refractivity contribution in [3.63, 3.8) is 0 Å². The molecule has 2 rings (SSSR count). The highest BCUT2D eigenvalue weighted by Gasteiger charge is 2.19. The molecular formula is C22H38. The molecule has 0 aromatic carbocycles. The molecule has 2 saturated carbocycles. The molecule has 0 saturated heterocycles. The minimum Gasteiger partial charge on any atom is -0.0885 e. The zero-order valence-electron chi connectivity index (χ0n) is 15.1. The Balaban J connectivity index is 1.56. The van der Waals surface area contributed by atoms with Crippen molar-refractivity contribution in [3.8, 4) is 0 Å². The summed E-state index contributed by atoms with van der Waals surface area (Å²) in [6.45, 7) is 4.59. The molecule has 0 heterocycles. The fourth-order valence-corrected chi connectivity index (χ4v) is 4.41. The monoisotopic (exact) mass is 302 g/mol. The van der Waals surface area contributed by atoms with Crippen LogP contribution in [0.25, 0.3) is 0 Å². The Morgan fingerprint density at radius 3 is 1.77 bits per heavy atom. The summed E-state index contributed by atoms with van der Waals surface area (Å²) >= 11 is 0. The fraction of sp³-hybridized carbons (Fsp3) is 0.818. The molecular weight excluding hydrogens is 264 g/mol. The summed E-state index contributed by atoms with van der Waals surface area (Å²) < 4.78 is 0. The maximum atomic E-state index is 2.56. The zero-order chi connectivity index (χ0) is 15.6. The lowest BCUT2D eigenvalue weighted by molar-refractivity contribution is 0.295. The van der Waals surface area contributed by atoms with E-state index in [1.165, 1.54) is 77.0 Å². The minimum atomic E-state index is 0.889. The van der Waals surface area contributed by atoms with E-state index in [0.29, 0.717) is 0 Å². The van der Waals surface area contributed by atoms with Crippen LogP contribution in [0.5, 0.6) is 0 Å². The summed E-state index contributed by atoms with van der Waals surface area (Å²) in [6, 6.07) is 0. The lowest BCUT2D eigenvalue weighted by Gasteiger charge is -2.27. The molecule has 0 aliphatic heterocycles. The molecule has 2 fully saturated rings. The van der Waals surface area contributed by atoms with Gasteiger partial charge in [0.25, 0.3) is 0 Å². The summed E-state index contributed by atoms with van der Waals surface area (Å²) in [4.78, 5) is 0. The van der Waals surface area contributed by atoms with Gasteiger partial charge in [0, 0.05) is 0 Å². The van der Waals surface area contributed by atoms with E-state index in [0.717, 1.165) is 23.7 Å². The molecule has 0 nitrogen and oxygen atoms in total. The van der Waals surface area contributed by atoms with Gasteiger partial charge in [-0.05, 0) is 94.3 Å². The van der Waals surface area contributed by atoms with Gasteiger partial charge < -0.3 is 0 Å². The average molecular weight is 303 g/mol. The molecule has 0 atom stereocenters. The first-order chi connectivity index (χ1) is 10.8. The van der Waals surface area contributed by atoms with Gasteiger partial charge >= 0.3 is 0 Å². The normalized spacial score (nSPS) is 33.7. The molecule has 0 bridgehead atoms. The third kappa shape index (κ3) is 6.31. The molecule has 0 radical (unpaired) electrons. The van der Waals surface area contributed by atoms with Crippen molar-refractivity contribution < 1.29 is 0 Å². The first-order valence-corrected chi connectivity index (χ1v) is 10.1. The summed E-state index contributed by atoms with van der Waals surface area (Å²) in [5, 5.41) is 0. The molecule has 0 N–H and O–H groups in total. The molecule has 0 aromatic rings. The standard InChI is InChI=1S/C22H38/c1-3-5-8-20-15-17-22(18-16-20)10-7-6-9-21-13-11-19(4-2)12-14-21/h5-6,8-9,19-22H,3-4,7,10-18H2,1-2H3/b8-5?,9-6+. The lowest BCUT2D eigenvalue weighted by atomic mass is 9.79. The minimum absolute atomic E-state index is 0.889. The number of hydrogen-bond acceptors (Lipinski definition) is 0. The van der Waals surface area contributed by atoms with Crippen LogP contribution in [0.2, 0.25) is 0 Å². The highest BCUT2D eigenvalue weighted by molar-refractivity contribution is 4.93. The summed E-state index contributed by atoms with van der Waals surface area (Å²) in [5.41, 5.74) is 0. The molecule has 0 aromatic heterocycles. The Bertz CT molecular complexity index is 322. The Kier molecular flexibility index (Phi) is 8.34. The van der Waals surface area contributed by atoms with Gasteiger partial charge in [-0.3, -0.25) is 0 Å². The highest BCUT2D eigenvalue weighted by Crippen LogP contribution is 2.33. The molecule has 0 heteroatoms. The third-order valence-corrected chi connectivity index (χ3v) is 6.15. The summed E-state index contributed by atoms with van der Waals surface area (Å²) in [6.07, 6.45) is 26.9. The molecule has 126 valence electrons. The van der Waals surface area contributed by atoms with Crippen LogP contribution in [0.3, 0.4) is 0 Å². The molecule has 0 amide bonds. The molecule has 0 spiro atoms. The number of allylic oxidation sites excluding steroid dienone is 4. The summed E-state index contributed by atoms with van der Waals surface area (Å²) in [7, 11) is 0. The Labute approximate surface area is 139 Å². The molecule has 2 aliphatic rings. The van der Waals surface area contributed by atoms with Crippen molar-refractivity contribution >= 4 is 0 Å². The van der Waals surface area contributed by atoms with E-state index >= 15 is 0 Å². The van der Waals surface area contributed by atoms with Crippen molar-refractivity contribution in [2.45, 2.75) is 90.9 Å². The smallest absolute Gasteiger partial charge is 0.0233 e. The first kappa shape index (κ1) is 17.8. The van der Waals surface area contributed by atoms with Gasteiger partial charge in [0.05, 0.1) is 0 Å². The lowest BCUT2D eigenvalue weighted by Crippen LogP contribution is -2.13. The van der Waals surface area contributed by atoms with Crippen LogP contribution in [0, 0.1) is 23.7 Å². The fourth-order valence-electron chi connectivity index (χ4n) is 4.41. The topological polar surface area (TPSA) is 0 Å². The first-order valence-electron chi connectivity index (χ1n) is 10.1. The maximum Gasteiger partial charge on any atom is -0.0233 e. The maximum absolute atomic E-state index is 2.56. The summed E-state index contributed by atoms with van der Waals surface area (Å²) in [5.74, 6) is 3.83. The van der Waals surface area contributed by atoms with Gasteiger partial charge in [0.2, 0.25) is 0 Å². The Hall–Kier alpha value is -0.520. The SMILES string of the molecule is CCC=CC1CCC(CC/C=C/C2CCC(CC)CC2)CC1. The Morgan fingerprint density at radius 1 is 0.682 bits per heavy atom. The number of hydrogen-bond donors (Lipinski definition) is 0. The van der Waals surface area contributed by atoms with E-state index in [1.807, 2.05) is 0 Å². The van der Waals surface area contributed by atoms with Crippen LogP contribution >= 0.6 is 0 Å². The van der Waals surface area contributed by atoms with Crippen LogP contribution in [0.1, 0.15) is 90.9 Å². The van der Waals surface area contributed by atoms with E-state index in [9.17, 15) is 0 Å². The average Bonchev–Trinajstić information content (AvgIpc) is 2.58. The molecule has 22 heavy (non-hydrogen) atoms. The van der Waals surface area contributed by atoms with Crippen molar-refractivity contribution in [1.29, 1.82) is 0 Å². The van der Waals surface area contributed by atoms with Crippen LogP contribution in [0.4, 0.5) is 0 Å². The van der Waals surface area contributed by atoms with Gasteiger partial charge in [-0.25, -0.2) is 0 Å². The van der Waals surface area contributed by atoms with E-state index in [2.05, 4.69) is 38.2 Å². The van der Waals surface area contributed by atoms with Crippen molar-refractivity contribution in [2.24, 2.45) is 23.7 Å². The second-order valence-corrected chi connectivity index (χ2v) is 7.81. The third-order valence-electron chi connectivity index (χ3n) is 6.15. The molecule has 0 unspecified atom stereocenters. The van der Waals surface area contributed by atoms with Crippen LogP contribution in [-0.2, 0) is 0 Å².